The SMILES string of the molecule is N#C[C@@H]1C[C@@H]2C[C@@H]2N1C(=O)[C@@H](N)CN1CC2C[C@@H]1C(=O)N2[C@@H]1CCc2cc(-c3nn[nH]n3)ccc21. The van der Waals surface area contributed by atoms with Crippen LogP contribution in [0, 0.1) is 17.2 Å². The Morgan fingerprint density at radius 2 is 2.17 bits per heavy atom. The maximum Gasteiger partial charge on any atom is 0.242 e. The van der Waals surface area contributed by atoms with Gasteiger partial charge in [0.15, 0.2) is 0 Å². The van der Waals surface area contributed by atoms with Crippen molar-refractivity contribution >= 4 is 11.8 Å². The minimum Gasteiger partial charge on any atom is -0.330 e. The van der Waals surface area contributed by atoms with Gasteiger partial charge in [0.1, 0.15) is 6.04 Å². The number of nitrogens with two attached hydrogens (primary N) is 1. The second-order valence-electron chi connectivity index (χ2n) is 10.6. The third kappa shape index (κ3) is 3.13. The van der Waals surface area contributed by atoms with Gasteiger partial charge in [-0.1, -0.05) is 12.1 Å². The summed E-state index contributed by atoms with van der Waals surface area (Å²) in [6.07, 6.45) is 4.35. The van der Waals surface area contributed by atoms with E-state index in [4.69, 9.17) is 5.73 Å². The lowest BCUT2D eigenvalue weighted by molar-refractivity contribution is -0.141. The number of aromatic amines is 1. The molecule has 1 aromatic carbocycles. The summed E-state index contributed by atoms with van der Waals surface area (Å²) in [5, 5.41) is 23.7. The van der Waals surface area contributed by atoms with Crippen LogP contribution in [0.1, 0.15) is 42.9 Å². The van der Waals surface area contributed by atoms with Crippen LogP contribution in [0.15, 0.2) is 18.2 Å². The molecule has 1 aromatic heterocycles. The topological polar surface area (TPSA) is 148 Å². The van der Waals surface area contributed by atoms with Crippen LogP contribution >= 0.6 is 0 Å². The molecule has 11 nitrogen and oxygen atoms in total. The molecule has 3 N–H and O–H groups in total. The maximum absolute atomic E-state index is 13.5. The van der Waals surface area contributed by atoms with Crippen LogP contribution in [0.25, 0.3) is 11.4 Å². The number of piperazine rings is 1. The molecule has 5 aliphatic rings. The molecule has 2 aromatic rings. The molecule has 0 spiro atoms. The predicted octanol–water partition coefficient (Wildman–Crippen LogP) is -0.0206. The zero-order valence-corrected chi connectivity index (χ0v) is 19.2. The van der Waals surface area contributed by atoms with Gasteiger partial charge in [-0.25, -0.2) is 0 Å². The normalized spacial score (nSPS) is 33.7. The lowest BCUT2D eigenvalue weighted by Gasteiger charge is -2.38. The van der Waals surface area contributed by atoms with Gasteiger partial charge in [0, 0.05) is 30.7 Å². The fraction of sp³-hybridized carbons (Fsp3) is 0.583. The average molecular weight is 474 g/mol. The molecule has 7 rings (SSSR count). The summed E-state index contributed by atoms with van der Waals surface area (Å²) < 4.78 is 0. The van der Waals surface area contributed by atoms with E-state index in [1.807, 2.05) is 6.07 Å². The van der Waals surface area contributed by atoms with Crippen molar-refractivity contribution in [1.29, 1.82) is 5.26 Å². The van der Waals surface area contributed by atoms with Gasteiger partial charge in [-0.15, -0.1) is 10.2 Å². The van der Waals surface area contributed by atoms with E-state index in [1.54, 1.807) is 4.90 Å². The Bertz CT molecular complexity index is 1240. The smallest absolute Gasteiger partial charge is 0.242 e. The third-order valence-electron chi connectivity index (χ3n) is 8.70. The molecule has 1 unspecified atom stereocenters. The van der Waals surface area contributed by atoms with Crippen molar-refractivity contribution in [2.45, 2.75) is 68.4 Å². The van der Waals surface area contributed by atoms with Crippen molar-refractivity contribution in [3.8, 4) is 17.5 Å². The lowest BCUT2D eigenvalue weighted by Crippen LogP contribution is -2.57. The fourth-order valence-electron chi connectivity index (χ4n) is 7.02. The zero-order chi connectivity index (χ0) is 23.8. The number of rotatable bonds is 5. The second-order valence-corrected chi connectivity index (χ2v) is 10.6. The first-order valence-electron chi connectivity index (χ1n) is 12.4. The molecule has 2 amide bonds. The zero-order valence-electron chi connectivity index (χ0n) is 19.2. The first-order valence-corrected chi connectivity index (χ1v) is 12.4. The van der Waals surface area contributed by atoms with E-state index in [1.165, 1.54) is 11.1 Å². The van der Waals surface area contributed by atoms with E-state index in [0.29, 0.717) is 18.3 Å². The average Bonchev–Trinajstić information content (AvgIpc) is 3.43. The van der Waals surface area contributed by atoms with E-state index in [0.717, 1.165) is 44.2 Å². The van der Waals surface area contributed by atoms with Crippen molar-refractivity contribution in [1.82, 2.24) is 35.3 Å². The minimum absolute atomic E-state index is 0.0806. The van der Waals surface area contributed by atoms with Crippen molar-refractivity contribution in [3.05, 3.63) is 29.3 Å². The molecular weight excluding hydrogens is 446 g/mol. The number of H-pyrrole nitrogens is 1. The maximum atomic E-state index is 13.5. The minimum atomic E-state index is -0.707. The number of nitriles is 1. The van der Waals surface area contributed by atoms with Crippen LogP contribution < -0.4 is 5.73 Å². The first kappa shape index (κ1) is 21.0. The van der Waals surface area contributed by atoms with Crippen molar-refractivity contribution in [2.24, 2.45) is 11.7 Å². The van der Waals surface area contributed by atoms with E-state index in [9.17, 15) is 14.9 Å². The highest BCUT2D eigenvalue weighted by atomic mass is 16.2. The summed E-state index contributed by atoms with van der Waals surface area (Å²) in [7, 11) is 0. The molecule has 3 saturated heterocycles. The number of hydrogen-bond acceptors (Lipinski definition) is 8. The van der Waals surface area contributed by atoms with Gasteiger partial charge in [0.2, 0.25) is 17.6 Å². The molecule has 2 bridgehead atoms. The summed E-state index contributed by atoms with van der Waals surface area (Å²) in [5.74, 6) is 1.03. The molecular formula is C24H27N9O2. The highest BCUT2D eigenvalue weighted by molar-refractivity contribution is 5.87. The van der Waals surface area contributed by atoms with E-state index in [2.05, 4.69) is 48.6 Å². The molecule has 2 aliphatic carbocycles. The monoisotopic (exact) mass is 473 g/mol. The number of hydrogen-bond donors (Lipinski definition) is 2. The van der Waals surface area contributed by atoms with Crippen molar-refractivity contribution < 1.29 is 9.59 Å². The van der Waals surface area contributed by atoms with Gasteiger partial charge in [-0.3, -0.25) is 14.5 Å². The number of fused-ring (bicyclic) bond motifs is 4. The van der Waals surface area contributed by atoms with Crippen molar-refractivity contribution in [3.63, 3.8) is 0 Å². The fourth-order valence-corrected chi connectivity index (χ4v) is 7.02. The Kier molecular flexibility index (Phi) is 4.53. The Hall–Kier alpha value is -3.36. The molecule has 4 fully saturated rings. The summed E-state index contributed by atoms with van der Waals surface area (Å²) in [5.41, 5.74) is 9.70. The van der Waals surface area contributed by atoms with Gasteiger partial charge >= 0.3 is 0 Å². The lowest BCUT2D eigenvalue weighted by atomic mass is 10.0. The number of tetrazole rings is 1. The number of aryl methyl sites for hydroxylation is 1. The second kappa shape index (κ2) is 7.57. The first-order chi connectivity index (χ1) is 17.0. The van der Waals surface area contributed by atoms with E-state index >= 15 is 0 Å². The van der Waals surface area contributed by atoms with E-state index < -0.39 is 6.04 Å². The van der Waals surface area contributed by atoms with Crippen LogP contribution in [0.5, 0.6) is 0 Å². The molecule has 7 atom stereocenters. The highest BCUT2D eigenvalue weighted by Crippen LogP contribution is 2.48. The summed E-state index contributed by atoms with van der Waals surface area (Å²) in [4.78, 5) is 32.4. The van der Waals surface area contributed by atoms with Crippen molar-refractivity contribution in [2.75, 3.05) is 13.1 Å². The largest absolute Gasteiger partial charge is 0.330 e. The highest BCUT2D eigenvalue weighted by Gasteiger charge is 2.56. The predicted molar refractivity (Wildman–Crippen MR) is 122 cm³/mol. The molecule has 4 heterocycles. The summed E-state index contributed by atoms with van der Waals surface area (Å²) >= 11 is 0. The molecule has 0 radical (unpaired) electrons. The van der Waals surface area contributed by atoms with Crippen LogP contribution in [-0.4, -0.2) is 90.4 Å². The molecule has 180 valence electrons. The number of likely N-dealkylation sites (tertiary alicyclic amines) is 3. The Morgan fingerprint density at radius 3 is 2.94 bits per heavy atom. The molecule has 11 heteroatoms. The van der Waals surface area contributed by atoms with Crippen LogP contribution in [0.3, 0.4) is 0 Å². The Labute approximate surface area is 202 Å². The quantitative estimate of drug-likeness (QED) is 0.616. The number of amides is 2. The van der Waals surface area contributed by atoms with Gasteiger partial charge in [-0.05, 0) is 60.4 Å². The van der Waals surface area contributed by atoms with Crippen LogP contribution in [0.2, 0.25) is 0 Å². The number of nitrogens with one attached hydrogen (secondary N) is 1. The number of aromatic nitrogens is 4. The van der Waals surface area contributed by atoms with Gasteiger partial charge in [0.25, 0.3) is 0 Å². The van der Waals surface area contributed by atoms with Crippen LogP contribution in [-0.2, 0) is 16.0 Å². The molecule has 35 heavy (non-hydrogen) atoms. The number of carbonyl (C=O) groups excluding carboxylic acids is 2. The molecule has 3 aliphatic heterocycles. The number of carbonyl (C=O) groups is 2. The number of nitrogens with zero attached hydrogens (tertiary/aromatic N) is 7. The number of benzene rings is 1. The number of piperidine rings is 1. The van der Waals surface area contributed by atoms with Gasteiger partial charge < -0.3 is 15.5 Å². The summed E-state index contributed by atoms with van der Waals surface area (Å²) in [6, 6.07) is 7.57. The molecule has 1 saturated carbocycles. The van der Waals surface area contributed by atoms with Crippen LogP contribution in [0.4, 0.5) is 0 Å². The standard InChI is InChI=1S/C24H27N9O2/c25-9-15-6-14-7-20(14)32(15)23(34)18(26)11-31-10-16-8-21(31)24(35)33(16)19-4-2-12-5-13(1-3-17(12)19)22-27-29-30-28-22/h1,3,5,14-16,18-21H,2,4,6-8,10-11,26H2,(H,27,28,29,30)/t14-,15+,16?,18+,19-,20+,21-/m1/s1. The van der Waals surface area contributed by atoms with E-state index in [-0.39, 0.29) is 42.0 Å². The third-order valence-corrected chi connectivity index (χ3v) is 8.70. The van der Waals surface area contributed by atoms with Gasteiger partial charge in [0.05, 0.1) is 24.2 Å². The Morgan fingerprint density at radius 1 is 1.29 bits per heavy atom. The van der Waals surface area contributed by atoms with Gasteiger partial charge in [-0.2, -0.15) is 10.5 Å². The Balaban J connectivity index is 1.03. The summed E-state index contributed by atoms with van der Waals surface area (Å²) in [6.45, 7) is 1.10.